The van der Waals surface area contributed by atoms with E-state index in [2.05, 4.69) is 4.98 Å². The predicted molar refractivity (Wildman–Crippen MR) is 95.8 cm³/mol. The fourth-order valence-electron chi connectivity index (χ4n) is 3.34. The number of nitrogens with zero attached hydrogens (tertiary/aromatic N) is 2. The second-order valence-electron chi connectivity index (χ2n) is 6.44. The molecule has 1 aliphatic heterocycles. The molecule has 0 radical (unpaired) electrons. The molecule has 2 heterocycles. The molecule has 0 unspecified atom stereocenters. The van der Waals surface area contributed by atoms with E-state index in [9.17, 15) is 14.3 Å². The monoisotopic (exact) mass is 340 g/mol. The van der Waals surface area contributed by atoms with E-state index in [1.165, 1.54) is 18.3 Å². The average molecular weight is 340 g/mol. The first kappa shape index (κ1) is 17.1. The summed E-state index contributed by atoms with van der Waals surface area (Å²) in [6.45, 7) is 0.876. The number of pyridine rings is 1. The van der Waals surface area contributed by atoms with Gasteiger partial charge >= 0.3 is 5.97 Å². The summed E-state index contributed by atoms with van der Waals surface area (Å²) in [6.07, 6.45) is 7.05. The predicted octanol–water partition coefficient (Wildman–Crippen LogP) is 4.00. The van der Waals surface area contributed by atoms with E-state index in [0.717, 1.165) is 5.56 Å². The molecule has 130 valence electrons. The zero-order valence-corrected chi connectivity index (χ0v) is 13.9. The number of carboxylic acids is 1. The zero-order valence-electron chi connectivity index (χ0n) is 13.9. The Hall–Kier alpha value is -2.69. The summed E-state index contributed by atoms with van der Waals surface area (Å²) in [6, 6.07) is 12.7. The van der Waals surface area contributed by atoms with Gasteiger partial charge in [-0.15, -0.1) is 0 Å². The van der Waals surface area contributed by atoms with E-state index >= 15 is 0 Å². The highest BCUT2D eigenvalue weighted by molar-refractivity contribution is 5.76. The standard InChI is InChI=1S/C20H21FN2O2/c21-17-10-5-13-22-18(17)23-14-6-12-20(15-23,19(24)25)11-4-9-16-7-2-1-3-8-16/h1-5,7-10,13H,6,11-12,14-15H2,(H,24,25)/b9-4+/t20-/m1/s1. The first-order valence-corrected chi connectivity index (χ1v) is 8.41. The molecule has 5 heteroatoms. The first-order chi connectivity index (χ1) is 12.1. The largest absolute Gasteiger partial charge is 0.481 e. The van der Waals surface area contributed by atoms with Crippen molar-refractivity contribution in [3.63, 3.8) is 0 Å². The summed E-state index contributed by atoms with van der Waals surface area (Å²) in [4.78, 5) is 17.9. The van der Waals surface area contributed by atoms with Gasteiger partial charge in [0.1, 0.15) is 0 Å². The number of hydrogen-bond donors (Lipinski definition) is 1. The molecule has 1 aliphatic rings. The number of piperidine rings is 1. The second-order valence-corrected chi connectivity index (χ2v) is 6.44. The summed E-state index contributed by atoms with van der Waals surface area (Å²) in [5.74, 6) is -1.02. The third-order valence-electron chi connectivity index (χ3n) is 4.69. The van der Waals surface area contributed by atoms with Crippen LogP contribution in [0.15, 0.2) is 54.7 Å². The molecular weight excluding hydrogens is 319 g/mol. The number of aromatic nitrogens is 1. The third-order valence-corrected chi connectivity index (χ3v) is 4.69. The number of allylic oxidation sites excluding steroid dienone is 1. The molecule has 0 saturated carbocycles. The molecule has 3 rings (SSSR count). The van der Waals surface area contributed by atoms with Gasteiger partial charge in [-0.2, -0.15) is 0 Å². The van der Waals surface area contributed by atoms with E-state index in [1.54, 1.807) is 4.90 Å². The van der Waals surface area contributed by atoms with Crippen molar-refractivity contribution < 1.29 is 14.3 Å². The van der Waals surface area contributed by atoms with Crippen LogP contribution >= 0.6 is 0 Å². The van der Waals surface area contributed by atoms with Gasteiger partial charge in [-0.1, -0.05) is 42.5 Å². The van der Waals surface area contributed by atoms with Crippen LogP contribution in [0.3, 0.4) is 0 Å². The van der Waals surface area contributed by atoms with Gasteiger partial charge in [0.05, 0.1) is 5.41 Å². The summed E-state index contributed by atoms with van der Waals surface area (Å²) in [7, 11) is 0. The van der Waals surface area contributed by atoms with E-state index in [4.69, 9.17) is 0 Å². The average Bonchev–Trinajstić information content (AvgIpc) is 2.63. The van der Waals surface area contributed by atoms with Crippen LogP contribution in [-0.2, 0) is 4.79 Å². The summed E-state index contributed by atoms with van der Waals surface area (Å²) in [5.41, 5.74) is 0.111. The molecule has 1 atom stereocenters. The van der Waals surface area contributed by atoms with Crippen molar-refractivity contribution in [1.29, 1.82) is 0 Å². The lowest BCUT2D eigenvalue weighted by Gasteiger charge is -2.40. The lowest BCUT2D eigenvalue weighted by molar-refractivity contribution is -0.149. The third kappa shape index (κ3) is 3.87. The highest BCUT2D eigenvalue weighted by atomic mass is 19.1. The number of anilines is 1. The van der Waals surface area contributed by atoms with Crippen LogP contribution in [0.1, 0.15) is 24.8 Å². The van der Waals surface area contributed by atoms with Gasteiger partial charge in [-0.3, -0.25) is 4.79 Å². The van der Waals surface area contributed by atoms with Gasteiger partial charge in [-0.25, -0.2) is 9.37 Å². The van der Waals surface area contributed by atoms with Gasteiger partial charge in [0.15, 0.2) is 11.6 Å². The van der Waals surface area contributed by atoms with Crippen molar-refractivity contribution in [1.82, 2.24) is 4.98 Å². The van der Waals surface area contributed by atoms with Gasteiger partial charge in [0.2, 0.25) is 0 Å². The molecule has 1 N–H and O–H groups in total. The molecule has 0 amide bonds. The van der Waals surface area contributed by atoms with Crippen molar-refractivity contribution in [2.45, 2.75) is 19.3 Å². The molecule has 2 aromatic rings. The zero-order chi connectivity index (χ0) is 17.7. The van der Waals surface area contributed by atoms with E-state index in [1.807, 2.05) is 42.5 Å². The van der Waals surface area contributed by atoms with Gasteiger partial charge < -0.3 is 10.0 Å². The molecule has 1 saturated heterocycles. The Bertz CT molecular complexity index is 763. The fraction of sp³-hybridized carbons (Fsp3) is 0.300. The maximum Gasteiger partial charge on any atom is 0.311 e. The van der Waals surface area contributed by atoms with Crippen LogP contribution < -0.4 is 4.90 Å². The molecule has 25 heavy (non-hydrogen) atoms. The lowest BCUT2D eigenvalue weighted by Crippen LogP contribution is -2.48. The van der Waals surface area contributed by atoms with Crippen molar-refractivity contribution in [2.24, 2.45) is 5.41 Å². The normalized spacial score (nSPS) is 20.8. The smallest absolute Gasteiger partial charge is 0.311 e. The highest BCUT2D eigenvalue weighted by Crippen LogP contribution is 2.36. The quantitative estimate of drug-likeness (QED) is 0.894. The molecule has 1 fully saturated rings. The first-order valence-electron chi connectivity index (χ1n) is 8.41. The molecule has 1 aromatic heterocycles. The van der Waals surface area contributed by atoms with Crippen LogP contribution in [0.25, 0.3) is 6.08 Å². The number of hydrogen-bond acceptors (Lipinski definition) is 3. The number of carbonyl (C=O) groups is 1. The Morgan fingerprint density at radius 2 is 2.08 bits per heavy atom. The summed E-state index contributed by atoms with van der Waals surface area (Å²) < 4.78 is 14.0. The number of carboxylic acid groups (broad SMARTS) is 1. The topological polar surface area (TPSA) is 53.4 Å². The number of benzene rings is 1. The number of aliphatic carboxylic acids is 1. The summed E-state index contributed by atoms with van der Waals surface area (Å²) in [5, 5.41) is 9.85. The van der Waals surface area contributed by atoms with Gasteiger partial charge in [0.25, 0.3) is 0 Å². The minimum Gasteiger partial charge on any atom is -0.481 e. The molecule has 4 nitrogen and oxygen atoms in total. The molecule has 1 aromatic carbocycles. The fourth-order valence-corrected chi connectivity index (χ4v) is 3.34. The van der Waals surface area contributed by atoms with E-state index in [0.29, 0.717) is 25.8 Å². The Balaban J connectivity index is 1.79. The Kier molecular flexibility index (Phi) is 5.12. The van der Waals surface area contributed by atoms with Crippen molar-refractivity contribution in [3.05, 3.63) is 66.1 Å². The van der Waals surface area contributed by atoms with Crippen LogP contribution in [0.2, 0.25) is 0 Å². The van der Waals surface area contributed by atoms with E-state index < -0.39 is 17.2 Å². The number of rotatable bonds is 5. The minimum absolute atomic E-state index is 0.236. The Morgan fingerprint density at radius 3 is 2.80 bits per heavy atom. The summed E-state index contributed by atoms with van der Waals surface area (Å²) >= 11 is 0. The van der Waals surface area contributed by atoms with Crippen LogP contribution in [0, 0.1) is 11.2 Å². The van der Waals surface area contributed by atoms with Crippen molar-refractivity contribution >= 4 is 17.9 Å². The van der Waals surface area contributed by atoms with Crippen molar-refractivity contribution in [2.75, 3.05) is 18.0 Å². The molecule has 0 bridgehead atoms. The maximum absolute atomic E-state index is 14.0. The molecule has 0 spiro atoms. The highest BCUT2D eigenvalue weighted by Gasteiger charge is 2.42. The SMILES string of the molecule is O=C(O)[C@]1(C/C=C/c2ccccc2)CCCN(c2ncccc2F)C1. The lowest BCUT2D eigenvalue weighted by atomic mass is 9.77. The Morgan fingerprint density at radius 1 is 1.28 bits per heavy atom. The van der Waals surface area contributed by atoms with E-state index in [-0.39, 0.29) is 12.4 Å². The molecular formula is C20H21FN2O2. The Labute approximate surface area is 146 Å². The van der Waals surface area contributed by atoms with Crippen molar-refractivity contribution in [3.8, 4) is 0 Å². The van der Waals surface area contributed by atoms with Crippen LogP contribution in [-0.4, -0.2) is 29.1 Å². The van der Waals surface area contributed by atoms with Gasteiger partial charge in [-0.05, 0) is 37.0 Å². The second kappa shape index (κ2) is 7.47. The van der Waals surface area contributed by atoms with Crippen LogP contribution in [0.4, 0.5) is 10.2 Å². The maximum atomic E-state index is 14.0. The number of halogens is 1. The van der Waals surface area contributed by atoms with Crippen LogP contribution in [0.5, 0.6) is 0 Å². The molecule has 0 aliphatic carbocycles. The minimum atomic E-state index is -0.923. The van der Waals surface area contributed by atoms with Gasteiger partial charge in [0, 0.05) is 19.3 Å².